The van der Waals surface area contributed by atoms with Gasteiger partial charge < -0.3 is 19.5 Å². The summed E-state index contributed by atoms with van der Waals surface area (Å²) >= 11 is 7.82. The van der Waals surface area contributed by atoms with Crippen LogP contribution in [-0.4, -0.2) is 51.1 Å². The van der Waals surface area contributed by atoms with Crippen LogP contribution in [0.4, 0.5) is 5.13 Å². The van der Waals surface area contributed by atoms with E-state index in [0.717, 1.165) is 48.5 Å². The van der Waals surface area contributed by atoms with Crippen LogP contribution >= 0.6 is 22.9 Å². The molecule has 1 saturated heterocycles. The van der Waals surface area contributed by atoms with Gasteiger partial charge in [0.2, 0.25) is 0 Å². The lowest BCUT2D eigenvalue weighted by Gasteiger charge is -2.40. The van der Waals surface area contributed by atoms with Crippen molar-refractivity contribution < 1.29 is 19.4 Å². The molecule has 43 heavy (non-hydrogen) atoms. The zero-order valence-electron chi connectivity index (χ0n) is 25.1. The number of carboxylic acid groups (broad SMARTS) is 1. The molecule has 224 valence electrons. The number of ether oxygens (including phenoxy) is 2. The highest BCUT2D eigenvalue weighted by atomic mass is 35.5. The molecule has 3 aromatic carbocycles. The van der Waals surface area contributed by atoms with Crippen LogP contribution in [0.1, 0.15) is 50.5 Å². The summed E-state index contributed by atoms with van der Waals surface area (Å²) in [5.41, 5.74) is 4.87. The zero-order chi connectivity index (χ0) is 30.7. The van der Waals surface area contributed by atoms with Gasteiger partial charge in [-0.3, -0.25) is 4.68 Å². The highest BCUT2D eigenvalue weighted by Gasteiger charge is 2.37. The van der Waals surface area contributed by atoms with Crippen LogP contribution in [-0.2, 0) is 26.9 Å². The third-order valence-electron chi connectivity index (χ3n) is 7.91. The Morgan fingerprint density at radius 3 is 2.63 bits per heavy atom. The smallest absolute Gasteiger partial charge is 0.337 e. The Labute approximate surface area is 259 Å². The zero-order valence-corrected chi connectivity index (χ0v) is 26.7. The largest absolute Gasteiger partial charge is 0.479 e. The van der Waals surface area contributed by atoms with Crippen LogP contribution < -0.4 is 4.90 Å². The van der Waals surface area contributed by atoms with Gasteiger partial charge in [-0.15, -0.1) is 0 Å². The lowest BCUT2D eigenvalue weighted by atomic mass is 9.91. The Bertz CT molecular complexity index is 1840. The molecule has 1 aliphatic heterocycles. The first kappa shape index (κ1) is 29.6. The fraction of sp³-hybridized carbons (Fsp3) is 0.364. The molecule has 1 unspecified atom stereocenters. The van der Waals surface area contributed by atoms with Crippen LogP contribution in [0.15, 0.2) is 54.7 Å². The minimum absolute atomic E-state index is 0.546. The molecule has 5 aromatic rings. The van der Waals surface area contributed by atoms with E-state index in [-0.39, 0.29) is 0 Å². The third kappa shape index (κ3) is 5.62. The number of hydrogen-bond donors (Lipinski definition) is 1. The highest BCUT2D eigenvalue weighted by Crippen LogP contribution is 2.45. The van der Waals surface area contributed by atoms with Gasteiger partial charge in [-0.25, -0.2) is 9.78 Å². The summed E-state index contributed by atoms with van der Waals surface area (Å²) in [7, 11) is 1.94. The molecule has 0 bridgehead atoms. The van der Waals surface area contributed by atoms with Crippen molar-refractivity contribution in [2.45, 2.75) is 51.9 Å². The molecule has 0 radical (unpaired) electrons. The number of nitrogens with zero attached hydrogens (tertiary/aromatic N) is 4. The van der Waals surface area contributed by atoms with Crippen molar-refractivity contribution in [2.75, 3.05) is 24.6 Å². The molecule has 2 atom stereocenters. The average molecular weight is 619 g/mol. The predicted octanol–water partition coefficient (Wildman–Crippen LogP) is 7.50. The second-order valence-electron chi connectivity index (χ2n) is 12.3. The van der Waals surface area contributed by atoms with Gasteiger partial charge in [0, 0.05) is 35.1 Å². The second kappa shape index (κ2) is 10.9. The quantitative estimate of drug-likeness (QED) is 0.211. The monoisotopic (exact) mass is 618 g/mol. The first-order chi connectivity index (χ1) is 20.3. The maximum Gasteiger partial charge on any atom is 0.337 e. The van der Waals surface area contributed by atoms with E-state index < -0.39 is 23.3 Å². The average Bonchev–Trinajstić information content (AvgIpc) is 3.54. The molecular weight excluding hydrogens is 584 g/mol. The van der Waals surface area contributed by atoms with Gasteiger partial charge >= 0.3 is 5.97 Å². The maximum absolute atomic E-state index is 12.7. The van der Waals surface area contributed by atoms with Crippen molar-refractivity contribution in [1.82, 2.24) is 14.8 Å². The summed E-state index contributed by atoms with van der Waals surface area (Å²) in [6, 6.07) is 15.8. The number of hydrogen-bond acceptors (Lipinski definition) is 7. The van der Waals surface area contributed by atoms with Gasteiger partial charge in [-0.2, -0.15) is 5.10 Å². The summed E-state index contributed by atoms with van der Waals surface area (Å²) in [5, 5.41) is 17.3. The molecule has 0 saturated carbocycles. The third-order valence-corrected chi connectivity index (χ3v) is 9.31. The maximum atomic E-state index is 12.7. The molecule has 0 amide bonds. The number of fused-ring (bicyclic) bond motifs is 2. The molecule has 10 heteroatoms. The van der Waals surface area contributed by atoms with E-state index in [1.54, 1.807) is 11.3 Å². The molecule has 1 N–H and O–H groups in total. The van der Waals surface area contributed by atoms with Gasteiger partial charge in [0.1, 0.15) is 5.60 Å². The number of carboxylic acids is 1. The lowest BCUT2D eigenvalue weighted by molar-refractivity contribution is -0.160. The lowest BCUT2D eigenvalue weighted by Crippen LogP contribution is -2.48. The number of rotatable bonds is 6. The number of thiazole rings is 1. The van der Waals surface area contributed by atoms with Gasteiger partial charge in [0.05, 0.1) is 40.7 Å². The van der Waals surface area contributed by atoms with Crippen molar-refractivity contribution in [3.63, 3.8) is 0 Å². The van der Waals surface area contributed by atoms with Crippen LogP contribution in [0, 0.1) is 6.92 Å². The van der Waals surface area contributed by atoms with Crippen molar-refractivity contribution in [3.8, 4) is 11.1 Å². The van der Waals surface area contributed by atoms with Crippen molar-refractivity contribution in [1.29, 1.82) is 0 Å². The fourth-order valence-electron chi connectivity index (χ4n) is 5.86. The number of aromatic nitrogens is 3. The Morgan fingerprint density at radius 1 is 1.19 bits per heavy atom. The second-order valence-corrected chi connectivity index (χ2v) is 13.7. The number of anilines is 1. The summed E-state index contributed by atoms with van der Waals surface area (Å²) in [6.07, 6.45) is 0.720. The molecule has 1 fully saturated rings. The Morgan fingerprint density at radius 2 is 1.93 bits per heavy atom. The molecule has 0 spiro atoms. The molecule has 0 aliphatic carbocycles. The van der Waals surface area contributed by atoms with Gasteiger partial charge in [0.25, 0.3) is 0 Å². The molecule has 3 heterocycles. The molecule has 2 aromatic heterocycles. The van der Waals surface area contributed by atoms with E-state index in [0.29, 0.717) is 30.3 Å². The van der Waals surface area contributed by atoms with E-state index >= 15 is 0 Å². The van der Waals surface area contributed by atoms with Crippen LogP contribution in [0.2, 0.25) is 5.02 Å². The van der Waals surface area contributed by atoms with Gasteiger partial charge in [0.15, 0.2) is 11.2 Å². The summed E-state index contributed by atoms with van der Waals surface area (Å²) in [5.74, 6) is -1.04. The van der Waals surface area contributed by atoms with E-state index in [9.17, 15) is 9.90 Å². The van der Waals surface area contributed by atoms with Gasteiger partial charge in [-0.05, 0) is 81.6 Å². The van der Waals surface area contributed by atoms with Crippen LogP contribution in [0.5, 0.6) is 0 Å². The Balaban J connectivity index is 1.46. The van der Waals surface area contributed by atoms with Crippen LogP contribution in [0.3, 0.4) is 0 Å². The summed E-state index contributed by atoms with van der Waals surface area (Å²) < 4.78 is 15.3. The number of halogens is 1. The standard InChI is InChI=1S/C33H35ClN4O4S/c1-19-15-24-29(27(20-7-10-23(34)11-8-20)26(19)28(30(39)40)42-32(2,3)4)43-31(36-24)38-13-14-41-33(5,18-38)22-9-12-25-21(16-22)17-35-37(25)6/h7-12,15-17,28H,13-14,18H2,1-6H3,(H,39,40)/t28-,33?/m0/s1. The van der Waals surface area contributed by atoms with E-state index in [1.165, 1.54) is 0 Å². The highest BCUT2D eigenvalue weighted by molar-refractivity contribution is 7.22. The molecule has 8 nitrogen and oxygen atoms in total. The number of carbonyl (C=O) groups is 1. The van der Waals surface area contributed by atoms with Crippen molar-refractivity contribution >= 4 is 55.2 Å². The topological polar surface area (TPSA) is 89.7 Å². The molecule has 6 rings (SSSR count). The summed E-state index contributed by atoms with van der Waals surface area (Å²) in [6.45, 7) is 11.5. The van der Waals surface area contributed by atoms with Gasteiger partial charge in [-0.1, -0.05) is 41.1 Å². The minimum Gasteiger partial charge on any atom is -0.479 e. The Hall–Kier alpha value is -3.50. The Kier molecular flexibility index (Phi) is 7.49. The number of aryl methyl sites for hydroxylation is 2. The molecular formula is C33H35ClN4O4S. The van der Waals surface area contributed by atoms with E-state index in [4.69, 9.17) is 26.1 Å². The number of benzene rings is 3. The summed E-state index contributed by atoms with van der Waals surface area (Å²) in [4.78, 5) is 20.0. The number of morpholine rings is 1. The van der Waals surface area contributed by atoms with Crippen LogP contribution in [0.25, 0.3) is 32.2 Å². The van der Waals surface area contributed by atoms with Crippen molar-refractivity contribution in [2.24, 2.45) is 7.05 Å². The first-order valence-corrected chi connectivity index (χ1v) is 15.4. The fourth-order valence-corrected chi connectivity index (χ4v) is 7.14. The van der Waals surface area contributed by atoms with E-state index in [1.807, 2.05) is 76.0 Å². The first-order valence-electron chi connectivity index (χ1n) is 14.2. The predicted molar refractivity (Wildman–Crippen MR) is 172 cm³/mol. The SMILES string of the molecule is Cc1cc2nc(N3CCOC(C)(c4ccc5c(cnn5C)c4)C3)sc2c(-c2ccc(Cl)cc2)c1[C@H](OC(C)(C)C)C(=O)O. The normalized spacial score (nSPS) is 18.4. The van der Waals surface area contributed by atoms with E-state index in [2.05, 4.69) is 35.1 Å². The van der Waals surface area contributed by atoms with Crippen molar-refractivity contribution in [3.05, 3.63) is 76.4 Å². The number of aliphatic carboxylic acids is 1. The minimum atomic E-state index is -1.16. The molecule has 1 aliphatic rings.